The van der Waals surface area contributed by atoms with Crippen LogP contribution in [0.4, 0.5) is 0 Å². The summed E-state index contributed by atoms with van der Waals surface area (Å²) in [6, 6.07) is 0. The van der Waals surface area contributed by atoms with Gasteiger partial charge in [-0.25, -0.2) is 0 Å². The number of hydrogen-bond donors (Lipinski definition) is 0. The minimum Gasteiger partial charge on any atom is -0.307 e. The molecule has 0 spiro atoms. The quantitative estimate of drug-likeness (QED) is 0.614. The molecule has 0 heterocycles. The first-order chi connectivity index (χ1) is 5.91. The Morgan fingerprint density at radius 3 is 0.615 bits per heavy atom. The van der Waals surface area contributed by atoms with Gasteiger partial charge in [-0.3, -0.25) is 0 Å². The number of allylic oxidation sites excluding steroid dienone is 2. The van der Waals surface area contributed by atoms with Crippen LogP contribution in [0.3, 0.4) is 0 Å². The van der Waals surface area contributed by atoms with Crippen LogP contribution in [0.5, 0.6) is 0 Å². The van der Waals surface area contributed by atoms with Gasteiger partial charge >= 0.3 is 0 Å². The van der Waals surface area contributed by atoms with Gasteiger partial charge in [0.05, 0.1) is 0 Å². The molecule has 0 saturated carbocycles. The summed E-state index contributed by atoms with van der Waals surface area (Å²) in [5, 5.41) is 0. The molecule has 0 aromatic carbocycles. The zero-order valence-corrected chi connectivity index (χ0v) is 8.71. The van der Waals surface area contributed by atoms with Gasteiger partial charge in [-0.1, -0.05) is 25.3 Å². The van der Waals surface area contributed by atoms with Gasteiger partial charge in [-0.15, -0.1) is 0 Å². The summed E-state index contributed by atoms with van der Waals surface area (Å²) in [5.41, 5.74) is 0. The maximum absolute atomic E-state index is 8.00. The van der Waals surface area contributed by atoms with Crippen LogP contribution in [0.2, 0.25) is 0 Å². The van der Waals surface area contributed by atoms with E-state index in [1.54, 1.807) is 12.2 Å². The zero-order chi connectivity index (χ0) is 11.4. The number of carbonyl (C=O) groups excluding carboxylic acids is 4. The molecule has 0 aromatic heterocycles. The van der Waals surface area contributed by atoms with E-state index in [1.165, 1.54) is 0 Å². The van der Waals surface area contributed by atoms with Crippen LogP contribution < -0.4 is 0 Å². The molecular weight excluding hydrogens is 212 g/mol. The van der Waals surface area contributed by atoms with E-state index < -0.39 is 0 Å². The molecule has 0 amide bonds. The summed E-state index contributed by atoms with van der Waals surface area (Å²) < 4.78 is 0. The number of carbonyl (C=O) groups is 4. The molecule has 0 aliphatic carbocycles. The fourth-order valence-corrected chi connectivity index (χ4v) is 0. The third-order valence-electron chi connectivity index (χ3n) is 0.167. The average Bonchev–Trinajstić information content (AvgIpc) is 2.29. The van der Waals surface area contributed by atoms with Crippen LogP contribution in [0, 0.1) is 0 Å². The number of rotatable bonds is 1. The Hall–Kier alpha value is -1.31. The minimum absolute atomic E-state index is 0. The molecule has 0 aromatic rings. The number of hydrogen-bond acceptors (Lipinski definition) is 4. The molecule has 0 radical (unpaired) electrons. The predicted octanol–water partition coefficient (Wildman–Crippen LogP) is 0.616. The average molecular weight is 226 g/mol. The molecule has 4 nitrogen and oxygen atoms in total. The molecule has 0 aliphatic rings. The van der Waals surface area contributed by atoms with E-state index >= 15 is 0 Å². The Morgan fingerprint density at radius 2 is 0.615 bits per heavy atom. The van der Waals surface area contributed by atoms with Gasteiger partial charge in [0, 0.05) is 17.4 Å². The first kappa shape index (κ1) is 41.3. The molecule has 0 bridgehead atoms. The molecule has 0 rings (SSSR count). The summed E-state index contributed by atoms with van der Waals surface area (Å²) in [7, 11) is 0. The van der Waals surface area contributed by atoms with Crippen molar-refractivity contribution in [3.63, 3.8) is 0 Å². The Bertz CT molecular complexity index is 64.5. The molecule has 0 saturated heterocycles. The van der Waals surface area contributed by atoms with E-state index in [0.717, 1.165) is 0 Å². The molecule has 0 aliphatic heterocycles. The normalized spacial score (nSPS) is 2.77. The van der Waals surface area contributed by atoms with Crippen LogP contribution in [-0.4, -0.2) is 27.2 Å². The monoisotopic (exact) mass is 226 g/mol. The van der Waals surface area contributed by atoms with Gasteiger partial charge in [0.1, 0.15) is 27.2 Å². The second-order valence-corrected chi connectivity index (χ2v) is 0.471. The van der Waals surface area contributed by atoms with E-state index in [-0.39, 0.29) is 17.4 Å². The molecule has 0 fully saturated rings. The van der Waals surface area contributed by atoms with Crippen LogP contribution in [0.15, 0.2) is 25.3 Å². The summed E-state index contributed by atoms with van der Waals surface area (Å²) in [4.78, 5) is 32.0. The van der Waals surface area contributed by atoms with Crippen molar-refractivity contribution in [3.8, 4) is 0 Å². The van der Waals surface area contributed by atoms with Gasteiger partial charge in [-0.2, -0.15) is 0 Å². The Balaban J connectivity index is -0.0000000122. The van der Waals surface area contributed by atoms with Gasteiger partial charge in [0.15, 0.2) is 0 Å². The summed E-state index contributed by atoms with van der Waals surface area (Å²) in [5.74, 6) is 0. The van der Waals surface area contributed by atoms with Gasteiger partial charge < -0.3 is 19.2 Å². The van der Waals surface area contributed by atoms with E-state index in [4.69, 9.17) is 19.2 Å². The van der Waals surface area contributed by atoms with Crippen molar-refractivity contribution in [1.29, 1.82) is 0 Å². The zero-order valence-electron chi connectivity index (χ0n) is 7.44. The third kappa shape index (κ3) is 8540. The van der Waals surface area contributed by atoms with Crippen LogP contribution in [0.25, 0.3) is 0 Å². The molecule has 0 atom stereocenters. The third-order valence-corrected chi connectivity index (χ3v) is 0.167. The van der Waals surface area contributed by atoms with Gasteiger partial charge in [0.2, 0.25) is 0 Å². The van der Waals surface area contributed by atoms with Crippen LogP contribution in [0.1, 0.15) is 0 Å². The molecule has 76 valence electrons. The van der Waals surface area contributed by atoms with Crippen molar-refractivity contribution in [2.75, 3.05) is 0 Å². The van der Waals surface area contributed by atoms with E-state index in [0.29, 0.717) is 0 Å². The fraction of sp³-hybridized carbons (Fsp3) is 0. The smallest absolute Gasteiger partial charge is 0.106 e. The Labute approximate surface area is 89.5 Å². The molecular formula is C8H14CrO4. The summed E-state index contributed by atoms with van der Waals surface area (Å²) in [6.07, 6.45) is 3.28. The van der Waals surface area contributed by atoms with Crippen LogP contribution in [-0.2, 0) is 36.5 Å². The van der Waals surface area contributed by atoms with Gasteiger partial charge in [0.25, 0.3) is 0 Å². The van der Waals surface area contributed by atoms with Crippen molar-refractivity contribution >= 4 is 27.2 Å². The largest absolute Gasteiger partial charge is 0.307 e. The van der Waals surface area contributed by atoms with Crippen molar-refractivity contribution < 1.29 is 36.5 Å². The molecule has 5 heteroatoms. The van der Waals surface area contributed by atoms with E-state index in [1.807, 2.05) is 27.2 Å². The van der Waals surface area contributed by atoms with Crippen molar-refractivity contribution in [2.45, 2.75) is 0 Å². The summed E-state index contributed by atoms with van der Waals surface area (Å²) >= 11 is 0. The Kier molecular flexibility index (Phi) is 6650. The standard InChI is InChI=1S/C4H6.4CH2O.Cr/c1-3-4-2;4*1-2;/h3-4H,1-2H2;4*1H2;. The van der Waals surface area contributed by atoms with Crippen molar-refractivity contribution in [3.05, 3.63) is 25.3 Å². The predicted molar refractivity (Wildman–Crippen MR) is 48.9 cm³/mol. The second-order valence-electron chi connectivity index (χ2n) is 0.471. The van der Waals surface area contributed by atoms with Crippen molar-refractivity contribution in [1.82, 2.24) is 0 Å². The molecule has 0 N–H and O–H groups in total. The topological polar surface area (TPSA) is 68.3 Å². The van der Waals surface area contributed by atoms with Crippen LogP contribution >= 0.6 is 0 Å². The van der Waals surface area contributed by atoms with E-state index in [9.17, 15) is 0 Å². The summed E-state index contributed by atoms with van der Waals surface area (Å²) in [6.45, 7) is 14.7. The fourth-order valence-electron chi connectivity index (χ4n) is 0. The van der Waals surface area contributed by atoms with Gasteiger partial charge in [-0.05, 0) is 0 Å². The second kappa shape index (κ2) is 2090. The SMILES string of the molecule is C=CC=C.C=O.C=O.C=O.C=O.[Cr]. The maximum Gasteiger partial charge on any atom is 0.106 e. The first-order valence-electron chi connectivity index (χ1n) is 2.30. The van der Waals surface area contributed by atoms with E-state index in [2.05, 4.69) is 13.2 Å². The Morgan fingerprint density at radius 1 is 0.538 bits per heavy atom. The first-order valence-corrected chi connectivity index (χ1v) is 2.30. The minimum atomic E-state index is 0. The van der Waals surface area contributed by atoms with Crippen molar-refractivity contribution in [2.24, 2.45) is 0 Å². The molecule has 13 heavy (non-hydrogen) atoms. The molecule has 0 unspecified atom stereocenters. The maximum atomic E-state index is 8.00.